The number of carbonyl (C=O) groups is 2. The fraction of sp³-hybridized carbons (Fsp3) is 0.160. The van der Waals surface area contributed by atoms with Gasteiger partial charge in [-0.2, -0.15) is 5.10 Å². The summed E-state index contributed by atoms with van der Waals surface area (Å²) in [6, 6.07) is 20.4. The van der Waals surface area contributed by atoms with Crippen molar-refractivity contribution in [3.8, 4) is 17.2 Å². The van der Waals surface area contributed by atoms with Crippen LogP contribution in [0, 0.1) is 0 Å². The molecule has 0 saturated heterocycles. The van der Waals surface area contributed by atoms with Crippen LogP contribution >= 0.6 is 11.6 Å². The zero-order valence-corrected chi connectivity index (χ0v) is 18.9. The summed E-state index contributed by atoms with van der Waals surface area (Å²) in [5, 5.41) is 4.48. The van der Waals surface area contributed by atoms with Gasteiger partial charge in [0.15, 0.2) is 17.6 Å². The number of hydrogen-bond donors (Lipinski definition) is 1. The van der Waals surface area contributed by atoms with Crippen LogP contribution in [0.4, 0.5) is 0 Å². The van der Waals surface area contributed by atoms with Crippen molar-refractivity contribution in [1.82, 2.24) is 5.43 Å². The number of hydrogen-bond acceptors (Lipinski definition) is 6. The van der Waals surface area contributed by atoms with Crippen LogP contribution in [0.1, 0.15) is 29.8 Å². The van der Waals surface area contributed by atoms with E-state index in [0.29, 0.717) is 34.3 Å². The highest BCUT2D eigenvalue weighted by Gasteiger charge is 2.15. The molecule has 1 N–H and O–H groups in total. The van der Waals surface area contributed by atoms with Gasteiger partial charge in [0.05, 0.1) is 18.4 Å². The average molecular weight is 467 g/mol. The first kappa shape index (κ1) is 23.8. The Kier molecular flexibility index (Phi) is 8.43. The van der Waals surface area contributed by atoms with Crippen molar-refractivity contribution in [1.29, 1.82) is 0 Å². The first-order valence-corrected chi connectivity index (χ1v) is 10.6. The largest absolute Gasteiger partial charge is 0.490 e. The van der Waals surface area contributed by atoms with Gasteiger partial charge in [-0.25, -0.2) is 10.2 Å². The predicted molar refractivity (Wildman–Crippen MR) is 126 cm³/mol. The third-order valence-electron chi connectivity index (χ3n) is 4.35. The Bertz CT molecular complexity index is 1130. The van der Waals surface area contributed by atoms with E-state index < -0.39 is 18.0 Å². The summed E-state index contributed by atoms with van der Waals surface area (Å²) in [5.74, 6) is 0.241. The average Bonchev–Trinajstić information content (AvgIpc) is 2.81. The van der Waals surface area contributed by atoms with E-state index in [1.165, 1.54) is 6.21 Å². The maximum Gasteiger partial charge on any atom is 0.343 e. The second kappa shape index (κ2) is 11.7. The summed E-state index contributed by atoms with van der Waals surface area (Å²) in [5.41, 5.74) is 3.51. The minimum absolute atomic E-state index is 0.287. The molecule has 0 aliphatic rings. The van der Waals surface area contributed by atoms with E-state index in [4.69, 9.17) is 25.8 Å². The maximum atomic E-state index is 12.3. The third kappa shape index (κ3) is 7.08. The van der Waals surface area contributed by atoms with Gasteiger partial charge in [-0.1, -0.05) is 35.9 Å². The SMILES string of the molecule is CCOc1cc(/C=N\NC(=O)[C@H](C)Oc2cccc(Cl)c2)ccc1OC(=O)c1ccccc1. The Hall–Kier alpha value is -3.84. The summed E-state index contributed by atoms with van der Waals surface area (Å²) in [6.45, 7) is 3.81. The number of hydrazone groups is 1. The normalized spacial score (nSPS) is 11.6. The fourth-order valence-electron chi connectivity index (χ4n) is 2.75. The van der Waals surface area contributed by atoms with E-state index in [9.17, 15) is 9.59 Å². The lowest BCUT2D eigenvalue weighted by Crippen LogP contribution is -2.33. The predicted octanol–water partition coefficient (Wildman–Crippen LogP) is 4.88. The molecule has 0 aliphatic carbocycles. The lowest BCUT2D eigenvalue weighted by molar-refractivity contribution is -0.127. The van der Waals surface area contributed by atoms with E-state index in [-0.39, 0.29) is 5.75 Å². The Morgan fingerprint density at radius 2 is 1.82 bits per heavy atom. The molecule has 0 spiro atoms. The molecule has 7 nitrogen and oxygen atoms in total. The van der Waals surface area contributed by atoms with Crippen LogP contribution in [0.5, 0.6) is 17.2 Å². The Morgan fingerprint density at radius 3 is 2.55 bits per heavy atom. The molecule has 33 heavy (non-hydrogen) atoms. The van der Waals surface area contributed by atoms with Crippen molar-refractivity contribution < 1.29 is 23.8 Å². The lowest BCUT2D eigenvalue weighted by atomic mass is 10.2. The molecule has 170 valence electrons. The second-order valence-corrected chi connectivity index (χ2v) is 7.28. The van der Waals surface area contributed by atoms with Crippen molar-refractivity contribution in [3.63, 3.8) is 0 Å². The van der Waals surface area contributed by atoms with Crippen LogP contribution in [0.25, 0.3) is 0 Å². The van der Waals surface area contributed by atoms with Crippen LogP contribution in [0.3, 0.4) is 0 Å². The van der Waals surface area contributed by atoms with Crippen LogP contribution in [-0.2, 0) is 4.79 Å². The van der Waals surface area contributed by atoms with E-state index in [0.717, 1.165) is 0 Å². The summed E-state index contributed by atoms with van der Waals surface area (Å²) in [4.78, 5) is 24.6. The third-order valence-corrected chi connectivity index (χ3v) is 4.58. The highest BCUT2D eigenvalue weighted by molar-refractivity contribution is 6.30. The molecule has 0 heterocycles. The zero-order chi connectivity index (χ0) is 23.6. The van der Waals surface area contributed by atoms with Crippen LogP contribution in [0.2, 0.25) is 5.02 Å². The van der Waals surface area contributed by atoms with Crippen LogP contribution in [0.15, 0.2) is 77.9 Å². The molecule has 0 bridgehead atoms. The highest BCUT2D eigenvalue weighted by Crippen LogP contribution is 2.29. The molecule has 3 aromatic carbocycles. The molecule has 0 aromatic heterocycles. The van der Waals surface area contributed by atoms with Gasteiger partial charge in [0.25, 0.3) is 5.91 Å². The number of halogens is 1. The first-order valence-electron chi connectivity index (χ1n) is 10.3. The number of carbonyl (C=O) groups excluding carboxylic acids is 2. The van der Waals surface area contributed by atoms with Gasteiger partial charge in [0.1, 0.15) is 5.75 Å². The molecule has 0 aliphatic heterocycles. The maximum absolute atomic E-state index is 12.3. The second-order valence-electron chi connectivity index (χ2n) is 6.85. The molecule has 0 fully saturated rings. The molecule has 0 radical (unpaired) electrons. The van der Waals surface area contributed by atoms with Crippen molar-refractivity contribution in [2.75, 3.05) is 6.61 Å². The Balaban J connectivity index is 1.62. The van der Waals surface area contributed by atoms with E-state index in [2.05, 4.69) is 10.5 Å². The summed E-state index contributed by atoms with van der Waals surface area (Å²) < 4.78 is 16.6. The van der Waals surface area contributed by atoms with Gasteiger partial charge < -0.3 is 14.2 Å². The smallest absolute Gasteiger partial charge is 0.343 e. The number of esters is 1. The number of nitrogens with zero attached hydrogens (tertiary/aromatic N) is 1. The monoisotopic (exact) mass is 466 g/mol. The van der Waals surface area contributed by atoms with E-state index >= 15 is 0 Å². The Labute approximate surface area is 196 Å². The summed E-state index contributed by atoms with van der Waals surface area (Å²) in [6.07, 6.45) is 0.675. The molecule has 0 unspecified atom stereocenters. The van der Waals surface area contributed by atoms with Gasteiger partial charge in [-0.15, -0.1) is 0 Å². The quantitative estimate of drug-likeness (QED) is 0.210. The number of rotatable bonds is 9. The molecule has 3 aromatic rings. The van der Waals surface area contributed by atoms with Crippen molar-refractivity contribution in [2.45, 2.75) is 20.0 Å². The van der Waals surface area contributed by atoms with Gasteiger partial charge in [-0.3, -0.25) is 4.79 Å². The van der Waals surface area contributed by atoms with Crippen molar-refractivity contribution in [2.24, 2.45) is 5.10 Å². The van der Waals surface area contributed by atoms with Crippen molar-refractivity contribution in [3.05, 3.63) is 88.9 Å². The lowest BCUT2D eigenvalue weighted by Gasteiger charge is -2.13. The van der Waals surface area contributed by atoms with Gasteiger partial charge >= 0.3 is 5.97 Å². The minimum atomic E-state index is -0.778. The zero-order valence-electron chi connectivity index (χ0n) is 18.2. The highest BCUT2D eigenvalue weighted by atomic mass is 35.5. The topological polar surface area (TPSA) is 86.2 Å². The minimum Gasteiger partial charge on any atom is -0.490 e. The molecule has 0 saturated carbocycles. The molecule has 8 heteroatoms. The molecule has 3 rings (SSSR count). The van der Waals surface area contributed by atoms with Crippen LogP contribution in [-0.4, -0.2) is 30.8 Å². The number of benzene rings is 3. The van der Waals surface area contributed by atoms with E-state index in [1.807, 2.05) is 13.0 Å². The number of amides is 1. The number of ether oxygens (including phenoxy) is 3. The number of nitrogens with one attached hydrogen (secondary N) is 1. The summed E-state index contributed by atoms with van der Waals surface area (Å²) in [7, 11) is 0. The molecule has 1 amide bonds. The van der Waals surface area contributed by atoms with Gasteiger partial charge in [0, 0.05) is 5.02 Å². The van der Waals surface area contributed by atoms with Crippen molar-refractivity contribution >= 4 is 29.7 Å². The Morgan fingerprint density at radius 1 is 1.03 bits per heavy atom. The van der Waals surface area contributed by atoms with Crippen LogP contribution < -0.4 is 19.6 Å². The van der Waals surface area contributed by atoms with Gasteiger partial charge in [-0.05, 0) is 67.9 Å². The molecular weight excluding hydrogens is 444 g/mol. The molecule has 1 atom stereocenters. The first-order chi connectivity index (χ1) is 16.0. The van der Waals surface area contributed by atoms with Gasteiger partial charge in [0.2, 0.25) is 0 Å². The van der Waals surface area contributed by atoms with E-state index in [1.54, 1.807) is 73.7 Å². The standard InChI is InChI=1S/C25H23ClN2O5/c1-3-31-23-14-18(12-13-22(23)33-25(30)19-8-5-4-6-9-19)16-27-28-24(29)17(2)32-21-11-7-10-20(26)15-21/h4-17H,3H2,1-2H3,(H,28,29)/b27-16-/t17-/m0/s1. The molecular formula is C25H23ClN2O5. The fourth-order valence-corrected chi connectivity index (χ4v) is 2.93. The summed E-state index contributed by atoms with van der Waals surface area (Å²) >= 11 is 5.92.